The molecule has 0 aromatic rings. The number of carbonyl (C=O) groups is 1. The average Bonchev–Trinajstić information content (AvgIpc) is 2.65. The van der Waals surface area contributed by atoms with E-state index in [1.807, 2.05) is 6.92 Å². The zero-order valence-corrected chi connectivity index (χ0v) is 13.5. The molecule has 0 radical (unpaired) electrons. The Morgan fingerprint density at radius 2 is 1.75 bits per heavy atom. The molecule has 0 aromatic heterocycles. The minimum absolute atomic E-state index is 0.0425. The van der Waals surface area contributed by atoms with E-state index in [4.69, 9.17) is 4.74 Å². The second-order valence-corrected chi connectivity index (χ2v) is 8.51. The third kappa shape index (κ3) is 1.53. The highest BCUT2D eigenvalue weighted by atomic mass is 16.6. The molecule has 3 saturated carbocycles. The van der Waals surface area contributed by atoms with E-state index in [1.165, 1.54) is 6.92 Å². The highest BCUT2D eigenvalue weighted by Crippen LogP contribution is 2.74. The van der Waals surface area contributed by atoms with Crippen molar-refractivity contribution in [2.24, 2.45) is 22.7 Å². The average molecular weight is 280 g/mol. The van der Waals surface area contributed by atoms with Crippen LogP contribution in [0.5, 0.6) is 0 Å². The quantitative estimate of drug-likeness (QED) is 0.750. The summed E-state index contributed by atoms with van der Waals surface area (Å²) in [6, 6.07) is 0. The highest BCUT2D eigenvalue weighted by Gasteiger charge is 2.72. The Morgan fingerprint density at radius 1 is 1.10 bits per heavy atom. The molecule has 2 bridgehead atoms. The van der Waals surface area contributed by atoms with Crippen LogP contribution in [0.4, 0.5) is 0 Å². The highest BCUT2D eigenvalue weighted by molar-refractivity contribution is 5.66. The van der Waals surface area contributed by atoms with Crippen LogP contribution >= 0.6 is 0 Å². The van der Waals surface area contributed by atoms with Gasteiger partial charge in [-0.05, 0) is 57.3 Å². The van der Waals surface area contributed by atoms with Crippen LogP contribution in [0.25, 0.3) is 0 Å². The number of esters is 1. The smallest absolute Gasteiger partial charge is 0.303 e. The first-order valence-corrected chi connectivity index (χ1v) is 7.97. The Hall–Kier alpha value is -0.570. The molecule has 5 unspecified atom stereocenters. The molecule has 3 aliphatic carbocycles. The first-order valence-electron chi connectivity index (χ1n) is 7.97. The van der Waals surface area contributed by atoms with Gasteiger partial charge >= 0.3 is 5.97 Å². The fraction of sp³-hybridized carbons (Fsp3) is 0.941. The predicted molar refractivity (Wildman–Crippen MR) is 77.1 cm³/mol. The molecule has 0 amide bonds. The zero-order chi connectivity index (χ0) is 15.0. The zero-order valence-electron chi connectivity index (χ0n) is 13.5. The Labute approximate surface area is 122 Å². The summed E-state index contributed by atoms with van der Waals surface area (Å²) in [5, 5.41) is 10.9. The molecule has 3 nitrogen and oxygen atoms in total. The van der Waals surface area contributed by atoms with E-state index < -0.39 is 5.60 Å². The lowest BCUT2D eigenvalue weighted by atomic mass is 9.62. The van der Waals surface area contributed by atoms with E-state index >= 15 is 0 Å². The van der Waals surface area contributed by atoms with Crippen molar-refractivity contribution in [1.29, 1.82) is 0 Å². The van der Waals surface area contributed by atoms with Crippen molar-refractivity contribution >= 4 is 5.97 Å². The Kier molecular flexibility index (Phi) is 2.72. The fourth-order valence-electron chi connectivity index (χ4n) is 6.29. The van der Waals surface area contributed by atoms with Crippen molar-refractivity contribution in [3.05, 3.63) is 0 Å². The lowest BCUT2D eigenvalue weighted by Crippen LogP contribution is -2.50. The van der Waals surface area contributed by atoms with Gasteiger partial charge in [0.05, 0.1) is 5.60 Å². The van der Waals surface area contributed by atoms with Gasteiger partial charge in [0, 0.05) is 18.3 Å². The summed E-state index contributed by atoms with van der Waals surface area (Å²) in [5.74, 6) is 0.722. The predicted octanol–water partition coefficient (Wildman–Crippen LogP) is 3.30. The number of ether oxygens (including phenoxy) is 1. The molecule has 0 saturated heterocycles. The summed E-state index contributed by atoms with van der Waals surface area (Å²) in [6.45, 7) is 10.3. The number of hydrogen-bond donors (Lipinski definition) is 1. The van der Waals surface area contributed by atoms with Crippen molar-refractivity contribution in [3.8, 4) is 0 Å². The molecule has 0 aliphatic heterocycles. The van der Waals surface area contributed by atoms with Crippen LogP contribution in [0.2, 0.25) is 0 Å². The van der Waals surface area contributed by atoms with Crippen LogP contribution in [0.3, 0.4) is 0 Å². The normalized spacial score (nSPS) is 52.7. The van der Waals surface area contributed by atoms with E-state index in [0.29, 0.717) is 11.8 Å². The van der Waals surface area contributed by atoms with Gasteiger partial charge in [-0.2, -0.15) is 0 Å². The summed E-state index contributed by atoms with van der Waals surface area (Å²) in [6.07, 6.45) is 4.88. The lowest BCUT2D eigenvalue weighted by molar-refractivity contribution is -0.174. The van der Waals surface area contributed by atoms with Gasteiger partial charge in [-0.25, -0.2) is 0 Å². The van der Waals surface area contributed by atoms with Gasteiger partial charge in [-0.15, -0.1) is 0 Å². The van der Waals surface area contributed by atoms with Gasteiger partial charge < -0.3 is 9.84 Å². The Bertz CT molecular complexity index is 453. The summed E-state index contributed by atoms with van der Waals surface area (Å²) in [5.41, 5.74) is -0.746. The fourth-order valence-corrected chi connectivity index (χ4v) is 6.29. The standard InChI is InChI=1S/C17H28O3/c1-11(18)20-15(4)8-9-17-10-13(15)14(2,3)12(17)6-7-16(17,5)19/h12-13,19H,6-10H2,1-5H3. The summed E-state index contributed by atoms with van der Waals surface area (Å²) < 4.78 is 5.75. The van der Waals surface area contributed by atoms with Gasteiger partial charge in [0.2, 0.25) is 0 Å². The summed E-state index contributed by atoms with van der Waals surface area (Å²) in [7, 11) is 0. The van der Waals surface area contributed by atoms with Crippen molar-refractivity contribution < 1.29 is 14.6 Å². The van der Waals surface area contributed by atoms with Crippen LogP contribution in [0.1, 0.15) is 66.7 Å². The molecule has 3 fully saturated rings. The third-order valence-electron chi connectivity index (χ3n) is 7.21. The monoisotopic (exact) mass is 280 g/mol. The topological polar surface area (TPSA) is 46.5 Å². The number of aliphatic hydroxyl groups is 1. The molecule has 3 aliphatic rings. The molecule has 0 aromatic carbocycles. The number of rotatable bonds is 1. The van der Waals surface area contributed by atoms with Crippen molar-refractivity contribution in [2.45, 2.75) is 77.9 Å². The number of hydrogen-bond acceptors (Lipinski definition) is 3. The molecule has 0 heterocycles. The first kappa shape index (κ1) is 14.4. The van der Waals surface area contributed by atoms with E-state index in [2.05, 4.69) is 20.8 Å². The van der Waals surface area contributed by atoms with Crippen LogP contribution < -0.4 is 0 Å². The van der Waals surface area contributed by atoms with Gasteiger partial charge in [0.25, 0.3) is 0 Å². The van der Waals surface area contributed by atoms with Gasteiger partial charge in [0.15, 0.2) is 0 Å². The SMILES string of the molecule is CC(=O)OC1(C)CCC23CC1C(C)(C)C2CCC3(C)O. The molecular weight excluding hydrogens is 252 g/mol. The van der Waals surface area contributed by atoms with Gasteiger partial charge in [0.1, 0.15) is 5.60 Å². The minimum Gasteiger partial charge on any atom is -0.459 e. The van der Waals surface area contributed by atoms with E-state index in [-0.39, 0.29) is 22.4 Å². The van der Waals surface area contributed by atoms with Crippen molar-refractivity contribution in [3.63, 3.8) is 0 Å². The van der Waals surface area contributed by atoms with Crippen molar-refractivity contribution in [1.82, 2.24) is 0 Å². The molecule has 1 N–H and O–H groups in total. The summed E-state index contributed by atoms with van der Waals surface area (Å²) >= 11 is 0. The molecule has 5 atom stereocenters. The second-order valence-electron chi connectivity index (χ2n) is 8.51. The molecule has 114 valence electrons. The van der Waals surface area contributed by atoms with Gasteiger partial charge in [-0.1, -0.05) is 13.8 Å². The molecule has 1 spiro atoms. The van der Waals surface area contributed by atoms with Gasteiger partial charge in [-0.3, -0.25) is 4.79 Å². The van der Waals surface area contributed by atoms with Crippen molar-refractivity contribution in [2.75, 3.05) is 0 Å². The summed E-state index contributed by atoms with van der Waals surface area (Å²) in [4.78, 5) is 11.5. The number of fused-ring (bicyclic) bond motifs is 1. The van der Waals surface area contributed by atoms with E-state index in [1.54, 1.807) is 0 Å². The minimum atomic E-state index is -0.554. The molecule has 20 heavy (non-hydrogen) atoms. The Balaban J connectivity index is 2.02. The lowest BCUT2D eigenvalue weighted by Gasteiger charge is -2.48. The largest absolute Gasteiger partial charge is 0.459 e. The van der Waals surface area contributed by atoms with E-state index in [9.17, 15) is 9.90 Å². The second kappa shape index (κ2) is 3.79. The van der Waals surface area contributed by atoms with Crippen LogP contribution in [0, 0.1) is 22.7 Å². The molecular formula is C17H28O3. The maximum Gasteiger partial charge on any atom is 0.303 e. The maximum atomic E-state index is 11.5. The van der Waals surface area contributed by atoms with Crippen LogP contribution in [-0.2, 0) is 9.53 Å². The molecule has 3 rings (SSSR count). The first-order chi connectivity index (χ1) is 9.05. The Morgan fingerprint density at radius 3 is 2.35 bits per heavy atom. The van der Waals surface area contributed by atoms with Crippen LogP contribution in [-0.4, -0.2) is 22.3 Å². The van der Waals surface area contributed by atoms with E-state index in [0.717, 1.165) is 32.1 Å². The third-order valence-corrected chi connectivity index (χ3v) is 7.21. The maximum absolute atomic E-state index is 11.5. The molecule has 3 heteroatoms. The van der Waals surface area contributed by atoms with Crippen LogP contribution in [0.15, 0.2) is 0 Å². The number of carbonyl (C=O) groups excluding carboxylic acids is 1.